The van der Waals surface area contributed by atoms with Crippen molar-refractivity contribution in [2.75, 3.05) is 12.4 Å². The van der Waals surface area contributed by atoms with Gasteiger partial charge in [0.05, 0.1) is 25.6 Å². The molecule has 0 amide bonds. The Labute approximate surface area is 154 Å². The number of ether oxygens (including phenoxy) is 1. The van der Waals surface area contributed by atoms with Crippen molar-refractivity contribution >= 4 is 21.4 Å². The summed E-state index contributed by atoms with van der Waals surface area (Å²) in [6.07, 6.45) is 1.82. The fraction of sp³-hybridized carbons (Fsp3) is 0.158. The van der Waals surface area contributed by atoms with Crippen LogP contribution in [0.15, 0.2) is 54.7 Å². The number of nitrogens with zero attached hydrogens (tertiary/aromatic N) is 3. The number of anilines is 1. The van der Waals surface area contributed by atoms with Gasteiger partial charge in [0, 0.05) is 12.1 Å². The summed E-state index contributed by atoms with van der Waals surface area (Å²) in [6, 6.07) is 15.7. The van der Waals surface area contributed by atoms with E-state index in [-0.39, 0.29) is 6.61 Å². The smallest absolute Gasteiger partial charge is 0.214 e. The minimum Gasteiger partial charge on any atom is -0.497 e. The van der Waals surface area contributed by atoms with Crippen molar-refractivity contribution < 1.29 is 9.84 Å². The van der Waals surface area contributed by atoms with Crippen LogP contribution in [0.3, 0.4) is 0 Å². The van der Waals surface area contributed by atoms with Gasteiger partial charge in [-0.3, -0.25) is 0 Å². The molecule has 26 heavy (non-hydrogen) atoms. The summed E-state index contributed by atoms with van der Waals surface area (Å²) < 4.78 is 7.02. The van der Waals surface area contributed by atoms with Crippen LogP contribution in [-0.2, 0) is 13.2 Å². The molecule has 7 heteroatoms. The molecule has 4 rings (SSSR count). The average molecular weight is 366 g/mol. The monoisotopic (exact) mass is 366 g/mol. The first kappa shape index (κ1) is 16.6. The zero-order valence-corrected chi connectivity index (χ0v) is 15.0. The topological polar surface area (TPSA) is 71.7 Å². The molecule has 2 N–H and O–H groups in total. The van der Waals surface area contributed by atoms with Gasteiger partial charge in [0.1, 0.15) is 5.75 Å². The number of rotatable bonds is 6. The maximum atomic E-state index is 9.17. The Balaban J connectivity index is 1.53. The zero-order valence-electron chi connectivity index (χ0n) is 14.2. The van der Waals surface area contributed by atoms with Gasteiger partial charge >= 0.3 is 0 Å². The molecular weight excluding hydrogens is 348 g/mol. The third-order valence-corrected chi connectivity index (χ3v) is 5.00. The van der Waals surface area contributed by atoms with Crippen LogP contribution in [0.2, 0.25) is 0 Å². The molecule has 0 aliphatic carbocycles. The van der Waals surface area contributed by atoms with E-state index in [0.717, 1.165) is 38.2 Å². The predicted molar refractivity (Wildman–Crippen MR) is 103 cm³/mol. The number of methoxy groups -OCH3 is 1. The van der Waals surface area contributed by atoms with Gasteiger partial charge in [-0.2, -0.15) is 0 Å². The first-order chi connectivity index (χ1) is 12.8. The summed E-state index contributed by atoms with van der Waals surface area (Å²) in [5.74, 6) is 0.846. The van der Waals surface area contributed by atoms with E-state index in [1.54, 1.807) is 7.11 Å². The molecule has 0 fully saturated rings. The van der Waals surface area contributed by atoms with Gasteiger partial charge in [0.2, 0.25) is 10.1 Å². The molecule has 0 bridgehead atoms. The lowest BCUT2D eigenvalue weighted by molar-refractivity contribution is 0.282. The highest BCUT2D eigenvalue weighted by Gasteiger charge is 2.11. The van der Waals surface area contributed by atoms with E-state index in [1.165, 1.54) is 11.3 Å². The first-order valence-corrected chi connectivity index (χ1v) is 9.00. The molecule has 2 heterocycles. The van der Waals surface area contributed by atoms with E-state index in [2.05, 4.69) is 15.4 Å². The Kier molecular flexibility index (Phi) is 4.55. The lowest BCUT2D eigenvalue weighted by Crippen LogP contribution is -2.00. The Morgan fingerprint density at radius 1 is 1.08 bits per heavy atom. The van der Waals surface area contributed by atoms with E-state index in [0.29, 0.717) is 6.54 Å². The highest BCUT2D eigenvalue weighted by molar-refractivity contribution is 7.20. The number of hydrogen-bond donors (Lipinski definition) is 2. The summed E-state index contributed by atoms with van der Waals surface area (Å²) in [6.45, 7) is 0.722. The molecule has 0 saturated heterocycles. The van der Waals surface area contributed by atoms with Gasteiger partial charge in [0.25, 0.3) is 0 Å². The number of fused-ring (bicyclic) bond motifs is 1. The van der Waals surface area contributed by atoms with E-state index in [1.807, 2.05) is 59.2 Å². The predicted octanol–water partition coefficient (Wildman–Crippen LogP) is 3.57. The fourth-order valence-electron chi connectivity index (χ4n) is 2.66. The molecule has 0 spiro atoms. The molecular formula is C19H18N4O2S. The minimum absolute atomic E-state index is 0.0399. The second kappa shape index (κ2) is 7.15. The standard InChI is InChI=1S/C19H18N4O2S/c1-25-16-8-4-13(5-9-16)10-20-18-22-23-17(11-21-19(23)26-18)15-6-2-14(12-24)3-7-15/h2-9,11,24H,10,12H2,1H3,(H,20,22). The van der Waals surface area contributed by atoms with E-state index < -0.39 is 0 Å². The van der Waals surface area contributed by atoms with Crippen molar-refractivity contribution in [1.29, 1.82) is 0 Å². The van der Waals surface area contributed by atoms with E-state index >= 15 is 0 Å². The van der Waals surface area contributed by atoms with Gasteiger partial charge < -0.3 is 15.2 Å². The Morgan fingerprint density at radius 2 is 1.81 bits per heavy atom. The number of aliphatic hydroxyl groups is 1. The number of benzene rings is 2. The van der Waals surface area contributed by atoms with Crippen molar-refractivity contribution in [3.63, 3.8) is 0 Å². The molecule has 0 radical (unpaired) electrons. The van der Waals surface area contributed by atoms with Gasteiger partial charge in [-0.05, 0) is 23.3 Å². The second-order valence-corrected chi connectivity index (χ2v) is 6.76. The van der Waals surface area contributed by atoms with Crippen LogP contribution in [0.4, 0.5) is 5.13 Å². The van der Waals surface area contributed by atoms with E-state index in [4.69, 9.17) is 4.74 Å². The highest BCUT2D eigenvalue weighted by atomic mass is 32.1. The SMILES string of the molecule is COc1ccc(CNc2nn3c(-c4ccc(CO)cc4)cnc3s2)cc1. The van der Waals surface area contributed by atoms with Gasteiger partial charge in [-0.25, -0.2) is 9.50 Å². The zero-order chi connectivity index (χ0) is 17.9. The number of imidazole rings is 1. The molecule has 2 aromatic carbocycles. The molecule has 0 atom stereocenters. The summed E-state index contributed by atoms with van der Waals surface area (Å²) >= 11 is 1.51. The Bertz CT molecular complexity index is 1010. The first-order valence-electron chi connectivity index (χ1n) is 8.18. The largest absolute Gasteiger partial charge is 0.497 e. The third-order valence-electron chi connectivity index (χ3n) is 4.12. The average Bonchev–Trinajstić information content (AvgIpc) is 3.27. The van der Waals surface area contributed by atoms with Crippen molar-refractivity contribution in [3.8, 4) is 17.0 Å². The Hall–Kier alpha value is -2.90. The molecule has 6 nitrogen and oxygen atoms in total. The van der Waals surface area contributed by atoms with E-state index in [9.17, 15) is 5.11 Å². The van der Waals surface area contributed by atoms with Crippen molar-refractivity contribution in [1.82, 2.24) is 14.6 Å². The maximum Gasteiger partial charge on any atom is 0.214 e. The van der Waals surface area contributed by atoms with Crippen molar-refractivity contribution in [3.05, 3.63) is 65.9 Å². The molecule has 0 aliphatic heterocycles. The highest BCUT2D eigenvalue weighted by Crippen LogP contribution is 2.26. The van der Waals surface area contributed by atoms with Crippen LogP contribution in [0, 0.1) is 0 Å². The number of nitrogens with one attached hydrogen (secondary N) is 1. The minimum atomic E-state index is 0.0399. The van der Waals surface area contributed by atoms with Crippen molar-refractivity contribution in [2.24, 2.45) is 0 Å². The van der Waals surface area contributed by atoms with Gasteiger partial charge in [-0.15, -0.1) is 5.10 Å². The molecule has 0 unspecified atom stereocenters. The second-order valence-electron chi connectivity index (χ2n) is 5.80. The lowest BCUT2D eigenvalue weighted by Gasteiger charge is -2.04. The molecule has 0 saturated carbocycles. The summed E-state index contributed by atoms with van der Waals surface area (Å²) in [5.41, 5.74) is 3.98. The van der Waals surface area contributed by atoms with Gasteiger partial charge in [-0.1, -0.05) is 47.7 Å². The number of hydrogen-bond acceptors (Lipinski definition) is 6. The third kappa shape index (κ3) is 3.26. The lowest BCUT2D eigenvalue weighted by atomic mass is 10.1. The molecule has 132 valence electrons. The summed E-state index contributed by atoms with van der Waals surface area (Å²) in [7, 11) is 1.66. The molecule has 0 aliphatic rings. The molecule has 2 aromatic heterocycles. The van der Waals surface area contributed by atoms with Gasteiger partial charge in [0.15, 0.2) is 0 Å². The van der Waals surface area contributed by atoms with Crippen LogP contribution >= 0.6 is 11.3 Å². The molecule has 4 aromatic rings. The van der Waals surface area contributed by atoms with Crippen molar-refractivity contribution in [2.45, 2.75) is 13.2 Å². The Morgan fingerprint density at radius 3 is 2.50 bits per heavy atom. The van der Waals surface area contributed by atoms with Crippen LogP contribution in [0.25, 0.3) is 16.2 Å². The number of aliphatic hydroxyl groups excluding tert-OH is 1. The van der Waals surface area contributed by atoms with Crippen LogP contribution in [0.1, 0.15) is 11.1 Å². The fourth-order valence-corrected chi connectivity index (χ4v) is 3.43. The summed E-state index contributed by atoms with van der Waals surface area (Å²) in [5, 5.41) is 18.0. The summed E-state index contributed by atoms with van der Waals surface area (Å²) in [4.78, 5) is 5.29. The maximum absolute atomic E-state index is 9.17. The number of aromatic nitrogens is 3. The quantitative estimate of drug-likeness (QED) is 0.546. The normalized spacial score (nSPS) is 11.0. The van der Waals surface area contributed by atoms with Crippen LogP contribution in [0.5, 0.6) is 5.75 Å². The van der Waals surface area contributed by atoms with Crippen LogP contribution < -0.4 is 10.1 Å². The van der Waals surface area contributed by atoms with Crippen LogP contribution in [-0.4, -0.2) is 26.8 Å².